The molecule has 122 valence electrons. The lowest BCUT2D eigenvalue weighted by molar-refractivity contribution is 0.552. The van der Waals surface area contributed by atoms with Gasteiger partial charge in [0.25, 0.3) is 0 Å². The Balaban J connectivity index is 2.40. The molecular weight excluding hydrogens is 334 g/mol. The maximum Gasteiger partial charge on any atom is 0.128 e. The van der Waals surface area contributed by atoms with Crippen molar-refractivity contribution in [1.29, 1.82) is 0 Å². The molecule has 0 spiro atoms. The van der Waals surface area contributed by atoms with Gasteiger partial charge in [0.1, 0.15) is 5.82 Å². The van der Waals surface area contributed by atoms with Crippen LogP contribution in [0.25, 0.3) is 0 Å². The summed E-state index contributed by atoms with van der Waals surface area (Å²) in [5.74, 6) is -0.328. The van der Waals surface area contributed by atoms with Crippen molar-refractivity contribution in [2.24, 2.45) is 4.99 Å². The predicted molar refractivity (Wildman–Crippen MR) is 96.9 cm³/mol. The van der Waals surface area contributed by atoms with Crippen molar-refractivity contribution in [3.63, 3.8) is 0 Å². The van der Waals surface area contributed by atoms with Gasteiger partial charge in [-0.2, -0.15) is 0 Å². The van der Waals surface area contributed by atoms with Crippen LogP contribution in [0.5, 0.6) is 0 Å². The van der Waals surface area contributed by atoms with Crippen LogP contribution in [0.1, 0.15) is 23.6 Å². The van der Waals surface area contributed by atoms with E-state index >= 15 is 0 Å². The molecule has 0 N–H and O–H groups in total. The number of benzene rings is 2. The summed E-state index contributed by atoms with van der Waals surface area (Å²) in [6.07, 6.45) is 2.07. The quantitative estimate of drug-likeness (QED) is 0.501. The molecule has 5 heteroatoms. The first-order valence-electron chi connectivity index (χ1n) is 7.38. The highest BCUT2D eigenvalue weighted by Crippen LogP contribution is 2.33. The van der Waals surface area contributed by atoms with Crippen LogP contribution in [0.15, 0.2) is 35.3 Å². The van der Waals surface area contributed by atoms with E-state index in [1.165, 1.54) is 6.07 Å². The van der Waals surface area contributed by atoms with Crippen LogP contribution in [0, 0.1) is 12.7 Å². The molecule has 2 rings (SSSR count). The van der Waals surface area contributed by atoms with Crippen molar-refractivity contribution >= 4 is 35.2 Å². The largest absolute Gasteiger partial charge is 0.366 e. The summed E-state index contributed by atoms with van der Waals surface area (Å²) < 4.78 is 14.0. The van der Waals surface area contributed by atoms with Gasteiger partial charge < -0.3 is 4.90 Å². The van der Waals surface area contributed by atoms with Crippen molar-refractivity contribution in [2.45, 2.75) is 20.3 Å². The molecule has 0 bridgehead atoms. The van der Waals surface area contributed by atoms with Crippen molar-refractivity contribution in [1.82, 2.24) is 4.90 Å². The normalized spacial score (nSPS) is 11.2. The van der Waals surface area contributed by atoms with Gasteiger partial charge in [0.2, 0.25) is 0 Å². The molecule has 0 fully saturated rings. The number of aliphatic imine (C=N–C) groups is 1. The van der Waals surface area contributed by atoms with Gasteiger partial charge in [0.05, 0.1) is 17.0 Å². The Morgan fingerprint density at radius 2 is 2.00 bits per heavy atom. The molecule has 0 aliphatic carbocycles. The van der Waals surface area contributed by atoms with Crippen LogP contribution >= 0.6 is 23.2 Å². The van der Waals surface area contributed by atoms with Gasteiger partial charge in [0.15, 0.2) is 0 Å². The van der Waals surface area contributed by atoms with Crippen LogP contribution in [0.2, 0.25) is 10.0 Å². The van der Waals surface area contributed by atoms with Crippen LogP contribution < -0.4 is 0 Å². The second kappa shape index (κ2) is 7.80. The lowest BCUT2D eigenvalue weighted by Gasteiger charge is -2.12. The molecule has 0 aliphatic rings. The molecule has 2 aromatic rings. The van der Waals surface area contributed by atoms with Gasteiger partial charge in [0, 0.05) is 30.6 Å². The Morgan fingerprint density at radius 1 is 1.26 bits per heavy atom. The van der Waals surface area contributed by atoms with E-state index in [-0.39, 0.29) is 5.82 Å². The van der Waals surface area contributed by atoms with E-state index in [0.29, 0.717) is 27.7 Å². The Morgan fingerprint density at radius 3 is 2.65 bits per heavy atom. The van der Waals surface area contributed by atoms with E-state index in [9.17, 15) is 4.39 Å². The van der Waals surface area contributed by atoms with Gasteiger partial charge in [-0.1, -0.05) is 35.3 Å². The predicted octanol–water partition coefficient (Wildman–Crippen LogP) is 5.64. The first-order chi connectivity index (χ1) is 10.9. The average molecular weight is 353 g/mol. The van der Waals surface area contributed by atoms with E-state index in [2.05, 4.69) is 4.99 Å². The molecule has 0 saturated heterocycles. The Labute approximate surface area is 146 Å². The van der Waals surface area contributed by atoms with Crippen molar-refractivity contribution in [3.05, 3.63) is 62.9 Å². The molecule has 0 atom stereocenters. The molecule has 0 unspecified atom stereocenters. The molecule has 0 radical (unpaired) electrons. The lowest BCUT2D eigenvalue weighted by atomic mass is 10.0. The second-order valence-electron chi connectivity index (χ2n) is 5.45. The van der Waals surface area contributed by atoms with E-state index in [4.69, 9.17) is 23.2 Å². The van der Waals surface area contributed by atoms with Gasteiger partial charge in [-0.15, -0.1) is 0 Å². The number of nitrogens with zero attached hydrogens (tertiary/aromatic N) is 2. The van der Waals surface area contributed by atoms with E-state index in [1.54, 1.807) is 18.5 Å². The first-order valence-corrected chi connectivity index (χ1v) is 8.14. The smallest absolute Gasteiger partial charge is 0.128 e. The molecule has 23 heavy (non-hydrogen) atoms. The topological polar surface area (TPSA) is 15.6 Å². The zero-order valence-corrected chi connectivity index (χ0v) is 14.9. The zero-order valence-electron chi connectivity index (χ0n) is 13.4. The fourth-order valence-electron chi connectivity index (χ4n) is 2.18. The zero-order chi connectivity index (χ0) is 17.0. The SMILES string of the molecule is CCN(C)C=Nc1cc(C)cc(Cc2c(F)cccc2Cl)c1Cl. The Hall–Kier alpha value is -1.58. The molecule has 2 aromatic carbocycles. The summed E-state index contributed by atoms with van der Waals surface area (Å²) in [6.45, 7) is 4.85. The van der Waals surface area contributed by atoms with Gasteiger partial charge in [-0.05, 0) is 43.2 Å². The third-order valence-corrected chi connectivity index (χ3v) is 4.39. The van der Waals surface area contributed by atoms with E-state index < -0.39 is 0 Å². The Bertz CT molecular complexity index is 709. The summed E-state index contributed by atoms with van der Waals surface area (Å²) in [5.41, 5.74) is 2.95. The molecule has 2 nitrogen and oxygen atoms in total. The number of hydrogen-bond donors (Lipinski definition) is 0. The number of rotatable bonds is 5. The highest BCUT2D eigenvalue weighted by Gasteiger charge is 2.13. The average Bonchev–Trinajstić information content (AvgIpc) is 2.52. The molecule has 0 heterocycles. The van der Waals surface area contributed by atoms with E-state index in [0.717, 1.165) is 17.7 Å². The maximum atomic E-state index is 14.0. The third kappa shape index (κ3) is 4.46. The fraction of sp³-hybridized carbons (Fsp3) is 0.278. The van der Waals surface area contributed by atoms with Gasteiger partial charge >= 0.3 is 0 Å². The molecule has 0 aromatic heterocycles. The van der Waals surface area contributed by atoms with Crippen LogP contribution in [-0.2, 0) is 6.42 Å². The second-order valence-corrected chi connectivity index (χ2v) is 6.24. The number of hydrogen-bond acceptors (Lipinski definition) is 1. The summed E-state index contributed by atoms with van der Waals surface area (Å²) in [4.78, 5) is 6.38. The third-order valence-electron chi connectivity index (χ3n) is 3.59. The standard InChI is InChI=1S/C18H19Cl2FN2/c1-4-23(3)11-22-17-9-12(2)8-13(18(17)20)10-14-15(19)6-5-7-16(14)21/h5-9,11H,4,10H2,1-3H3. The summed E-state index contributed by atoms with van der Waals surface area (Å²) in [5, 5.41) is 0.925. The van der Waals surface area contributed by atoms with Crippen LogP contribution in [0.3, 0.4) is 0 Å². The highest BCUT2D eigenvalue weighted by atomic mass is 35.5. The van der Waals surface area contributed by atoms with Gasteiger partial charge in [-0.25, -0.2) is 9.38 Å². The maximum absolute atomic E-state index is 14.0. The Kier molecular flexibility index (Phi) is 6.03. The fourth-order valence-corrected chi connectivity index (χ4v) is 2.63. The number of halogens is 3. The highest BCUT2D eigenvalue weighted by molar-refractivity contribution is 6.34. The summed E-state index contributed by atoms with van der Waals surface area (Å²) in [6, 6.07) is 8.52. The van der Waals surface area contributed by atoms with Crippen LogP contribution in [0.4, 0.5) is 10.1 Å². The monoisotopic (exact) mass is 352 g/mol. The minimum atomic E-state index is -0.328. The van der Waals surface area contributed by atoms with Gasteiger partial charge in [-0.3, -0.25) is 0 Å². The van der Waals surface area contributed by atoms with Crippen LogP contribution in [-0.4, -0.2) is 24.8 Å². The summed E-state index contributed by atoms with van der Waals surface area (Å²) >= 11 is 12.6. The molecule has 0 saturated carbocycles. The molecule has 0 amide bonds. The minimum absolute atomic E-state index is 0.328. The van der Waals surface area contributed by atoms with Crippen molar-refractivity contribution < 1.29 is 4.39 Å². The van der Waals surface area contributed by atoms with E-state index in [1.807, 2.05) is 37.9 Å². The van der Waals surface area contributed by atoms with Crippen molar-refractivity contribution in [3.8, 4) is 0 Å². The number of aryl methyl sites for hydroxylation is 1. The molecular formula is C18H19Cl2FN2. The lowest BCUT2D eigenvalue weighted by Crippen LogP contribution is -2.14. The summed E-state index contributed by atoms with van der Waals surface area (Å²) in [7, 11) is 1.94. The first kappa shape index (κ1) is 17.8. The minimum Gasteiger partial charge on any atom is -0.366 e. The van der Waals surface area contributed by atoms with Crippen molar-refractivity contribution in [2.75, 3.05) is 13.6 Å². The molecule has 0 aliphatic heterocycles.